The molecule has 2 aromatic rings. The zero-order valence-corrected chi connectivity index (χ0v) is 9.84. The van der Waals surface area contributed by atoms with Crippen LogP contribution in [0.3, 0.4) is 0 Å². The highest BCUT2D eigenvalue weighted by Crippen LogP contribution is 2.11. The maximum absolute atomic E-state index is 5.57. The monoisotopic (exact) mass is 230 g/mol. The maximum atomic E-state index is 5.57. The third-order valence-electron chi connectivity index (χ3n) is 2.63. The van der Waals surface area contributed by atoms with Crippen molar-refractivity contribution >= 4 is 5.95 Å². The van der Waals surface area contributed by atoms with Crippen molar-refractivity contribution in [1.29, 1.82) is 0 Å². The van der Waals surface area contributed by atoms with Gasteiger partial charge in [-0.2, -0.15) is 0 Å². The molecule has 2 rings (SSSR count). The summed E-state index contributed by atoms with van der Waals surface area (Å²) in [6, 6.07) is 10.4. The van der Waals surface area contributed by atoms with E-state index in [0.717, 1.165) is 25.5 Å². The van der Waals surface area contributed by atoms with Crippen molar-refractivity contribution in [1.82, 2.24) is 9.97 Å². The standard InChI is InChI=1S/C13H18N4/c14-7-4-10-17(13-15-8-9-16-13)11-12-5-2-1-3-6-12/h1-3,5-6,8-9H,4,7,10-11,14H2,(H,15,16). The lowest BCUT2D eigenvalue weighted by atomic mass is 10.2. The van der Waals surface area contributed by atoms with Gasteiger partial charge in [-0.1, -0.05) is 30.3 Å². The van der Waals surface area contributed by atoms with Gasteiger partial charge in [0.1, 0.15) is 0 Å². The molecular weight excluding hydrogens is 212 g/mol. The Bertz CT molecular complexity index is 410. The summed E-state index contributed by atoms with van der Waals surface area (Å²) in [5.41, 5.74) is 6.84. The van der Waals surface area contributed by atoms with Crippen molar-refractivity contribution in [3.05, 3.63) is 48.3 Å². The van der Waals surface area contributed by atoms with Crippen LogP contribution in [0.4, 0.5) is 5.95 Å². The fourth-order valence-corrected chi connectivity index (χ4v) is 1.78. The molecule has 0 saturated heterocycles. The molecule has 1 aromatic carbocycles. The number of rotatable bonds is 6. The van der Waals surface area contributed by atoms with E-state index < -0.39 is 0 Å². The summed E-state index contributed by atoms with van der Waals surface area (Å²) in [6.07, 6.45) is 4.58. The number of H-pyrrole nitrogens is 1. The summed E-state index contributed by atoms with van der Waals surface area (Å²) in [6.45, 7) is 2.47. The molecule has 0 bridgehead atoms. The van der Waals surface area contributed by atoms with Gasteiger partial charge >= 0.3 is 0 Å². The van der Waals surface area contributed by atoms with Crippen molar-refractivity contribution in [3.8, 4) is 0 Å². The van der Waals surface area contributed by atoms with Gasteiger partial charge in [0.15, 0.2) is 0 Å². The molecule has 0 atom stereocenters. The van der Waals surface area contributed by atoms with Gasteiger partial charge in [0, 0.05) is 25.5 Å². The van der Waals surface area contributed by atoms with E-state index in [4.69, 9.17) is 5.73 Å². The Balaban J connectivity index is 2.06. The lowest BCUT2D eigenvalue weighted by Gasteiger charge is -2.21. The second-order valence-electron chi connectivity index (χ2n) is 3.96. The molecule has 0 aliphatic rings. The molecule has 3 N–H and O–H groups in total. The van der Waals surface area contributed by atoms with Gasteiger partial charge in [-0.05, 0) is 18.5 Å². The molecule has 0 aliphatic heterocycles. The van der Waals surface area contributed by atoms with Crippen molar-refractivity contribution in [2.45, 2.75) is 13.0 Å². The lowest BCUT2D eigenvalue weighted by molar-refractivity contribution is 0.719. The van der Waals surface area contributed by atoms with Crippen molar-refractivity contribution in [2.75, 3.05) is 18.0 Å². The normalized spacial score (nSPS) is 10.4. The zero-order chi connectivity index (χ0) is 11.9. The third-order valence-corrected chi connectivity index (χ3v) is 2.63. The van der Waals surface area contributed by atoms with E-state index in [1.807, 2.05) is 12.3 Å². The molecule has 1 heterocycles. The predicted octanol–water partition coefficient (Wildman–Crippen LogP) is 1.77. The number of aromatic amines is 1. The van der Waals surface area contributed by atoms with E-state index in [-0.39, 0.29) is 0 Å². The smallest absolute Gasteiger partial charge is 0.203 e. The first-order valence-corrected chi connectivity index (χ1v) is 5.88. The number of anilines is 1. The van der Waals surface area contributed by atoms with Crippen molar-refractivity contribution < 1.29 is 0 Å². The van der Waals surface area contributed by atoms with Gasteiger partial charge in [0.05, 0.1) is 0 Å². The highest BCUT2D eigenvalue weighted by Gasteiger charge is 2.08. The minimum Gasteiger partial charge on any atom is -0.338 e. The minimum atomic E-state index is 0.700. The second kappa shape index (κ2) is 6.06. The van der Waals surface area contributed by atoms with Crippen LogP contribution in [-0.4, -0.2) is 23.1 Å². The van der Waals surface area contributed by atoms with Crippen LogP contribution in [-0.2, 0) is 6.54 Å². The summed E-state index contributed by atoms with van der Waals surface area (Å²) in [7, 11) is 0. The molecule has 0 aliphatic carbocycles. The fraction of sp³-hybridized carbons (Fsp3) is 0.308. The molecule has 0 saturated carbocycles. The SMILES string of the molecule is NCCCN(Cc1ccccc1)c1ncc[nH]1. The van der Waals surface area contributed by atoms with E-state index in [9.17, 15) is 0 Å². The molecule has 0 fully saturated rings. The summed E-state index contributed by atoms with van der Waals surface area (Å²) in [4.78, 5) is 9.65. The predicted molar refractivity (Wildman–Crippen MR) is 69.8 cm³/mol. The van der Waals surface area contributed by atoms with Crippen molar-refractivity contribution in [3.63, 3.8) is 0 Å². The van der Waals surface area contributed by atoms with E-state index in [1.165, 1.54) is 5.56 Å². The van der Waals surface area contributed by atoms with Gasteiger partial charge in [0.2, 0.25) is 5.95 Å². The number of nitrogens with zero attached hydrogens (tertiary/aromatic N) is 2. The molecule has 0 spiro atoms. The number of hydrogen-bond acceptors (Lipinski definition) is 3. The van der Waals surface area contributed by atoms with E-state index in [0.29, 0.717) is 6.54 Å². The maximum Gasteiger partial charge on any atom is 0.203 e. The third kappa shape index (κ3) is 3.32. The quantitative estimate of drug-likeness (QED) is 0.795. The van der Waals surface area contributed by atoms with Crippen LogP contribution < -0.4 is 10.6 Å². The Kier molecular flexibility index (Phi) is 4.16. The van der Waals surface area contributed by atoms with E-state index in [2.05, 4.69) is 39.1 Å². The Labute approximate surface area is 101 Å². The fourth-order valence-electron chi connectivity index (χ4n) is 1.78. The number of benzene rings is 1. The molecule has 4 heteroatoms. The van der Waals surface area contributed by atoms with E-state index >= 15 is 0 Å². The van der Waals surface area contributed by atoms with Crippen molar-refractivity contribution in [2.24, 2.45) is 5.73 Å². The first kappa shape index (κ1) is 11.7. The van der Waals surface area contributed by atoms with Gasteiger partial charge in [0.25, 0.3) is 0 Å². The first-order chi connectivity index (χ1) is 8.40. The number of imidazole rings is 1. The number of nitrogens with one attached hydrogen (secondary N) is 1. The molecule has 4 nitrogen and oxygen atoms in total. The van der Waals surface area contributed by atoms with Gasteiger partial charge < -0.3 is 15.6 Å². The Morgan fingerprint density at radius 2 is 2.06 bits per heavy atom. The Hall–Kier alpha value is -1.81. The van der Waals surface area contributed by atoms with Crippen LogP contribution in [0.5, 0.6) is 0 Å². The molecule has 0 unspecified atom stereocenters. The largest absolute Gasteiger partial charge is 0.338 e. The lowest BCUT2D eigenvalue weighted by Crippen LogP contribution is -2.26. The first-order valence-electron chi connectivity index (χ1n) is 5.88. The van der Waals surface area contributed by atoms with Gasteiger partial charge in [-0.15, -0.1) is 0 Å². The Morgan fingerprint density at radius 3 is 2.71 bits per heavy atom. The molecule has 1 aromatic heterocycles. The highest BCUT2D eigenvalue weighted by molar-refractivity contribution is 5.31. The van der Waals surface area contributed by atoms with Crippen LogP contribution in [0.2, 0.25) is 0 Å². The van der Waals surface area contributed by atoms with Gasteiger partial charge in [-0.25, -0.2) is 4.98 Å². The number of nitrogens with two attached hydrogens (primary N) is 1. The number of hydrogen-bond donors (Lipinski definition) is 2. The van der Waals surface area contributed by atoms with Crippen LogP contribution >= 0.6 is 0 Å². The van der Waals surface area contributed by atoms with E-state index in [1.54, 1.807) is 6.20 Å². The zero-order valence-electron chi connectivity index (χ0n) is 9.84. The second-order valence-corrected chi connectivity index (χ2v) is 3.96. The molecule has 90 valence electrons. The summed E-state index contributed by atoms with van der Waals surface area (Å²) >= 11 is 0. The van der Waals surface area contributed by atoms with Crippen LogP contribution in [0.1, 0.15) is 12.0 Å². The number of aromatic nitrogens is 2. The average Bonchev–Trinajstić information content (AvgIpc) is 2.89. The van der Waals surface area contributed by atoms with Crippen LogP contribution in [0, 0.1) is 0 Å². The minimum absolute atomic E-state index is 0.700. The average molecular weight is 230 g/mol. The Morgan fingerprint density at radius 1 is 1.24 bits per heavy atom. The molecule has 0 amide bonds. The van der Waals surface area contributed by atoms with Crippen LogP contribution in [0.25, 0.3) is 0 Å². The molecular formula is C13H18N4. The van der Waals surface area contributed by atoms with Crippen LogP contribution in [0.15, 0.2) is 42.7 Å². The highest BCUT2D eigenvalue weighted by atomic mass is 15.2. The summed E-state index contributed by atoms with van der Waals surface area (Å²) < 4.78 is 0. The summed E-state index contributed by atoms with van der Waals surface area (Å²) in [5.74, 6) is 0.905. The topological polar surface area (TPSA) is 57.9 Å². The van der Waals surface area contributed by atoms with Gasteiger partial charge in [-0.3, -0.25) is 0 Å². The summed E-state index contributed by atoms with van der Waals surface area (Å²) in [5, 5.41) is 0. The molecule has 17 heavy (non-hydrogen) atoms. The molecule has 0 radical (unpaired) electrons.